The first-order valence-electron chi connectivity index (χ1n) is 7.45. The number of H-pyrrole nitrogens is 1. The van der Waals surface area contributed by atoms with Crippen LogP contribution in [0.5, 0.6) is 5.75 Å². The summed E-state index contributed by atoms with van der Waals surface area (Å²) in [6.45, 7) is 4.74. The lowest BCUT2D eigenvalue weighted by Gasteiger charge is -2.15. The van der Waals surface area contributed by atoms with E-state index in [2.05, 4.69) is 31.4 Å². The van der Waals surface area contributed by atoms with Crippen LogP contribution in [0.4, 0.5) is 4.39 Å². The van der Waals surface area contributed by atoms with Crippen molar-refractivity contribution >= 4 is 34.1 Å². The summed E-state index contributed by atoms with van der Waals surface area (Å²) in [4.78, 5) is 12.1. The number of aromatic nitrogens is 3. The molecule has 0 radical (unpaired) electrons. The van der Waals surface area contributed by atoms with E-state index in [1.807, 2.05) is 11.5 Å². The van der Waals surface area contributed by atoms with Crippen molar-refractivity contribution < 1.29 is 13.9 Å². The molecule has 1 unspecified atom stereocenters. The maximum atomic E-state index is 13.1. The molecule has 1 amide bonds. The zero-order chi connectivity index (χ0) is 17.7. The highest BCUT2D eigenvalue weighted by molar-refractivity contribution is 9.10. The first kappa shape index (κ1) is 18.6. The van der Waals surface area contributed by atoms with Crippen LogP contribution in [-0.4, -0.2) is 33.3 Å². The third kappa shape index (κ3) is 4.64. The Morgan fingerprint density at radius 3 is 3.00 bits per heavy atom. The van der Waals surface area contributed by atoms with Crippen LogP contribution >= 0.6 is 28.1 Å². The van der Waals surface area contributed by atoms with Crippen molar-refractivity contribution in [2.24, 2.45) is 0 Å². The summed E-state index contributed by atoms with van der Waals surface area (Å²) in [5.74, 6) is 0.558. The quantitative estimate of drug-likeness (QED) is 0.680. The van der Waals surface area contributed by atoms with Crippen LogP contribution < -0.4 is 10.1 Å². The van der Waals surface area contributed by atoms with Crippen molar-refractivity contribution in [2.75, 3.05) is 6.54 Å². The fraction of sp³-hybridized carbons (Fsp3) is 0.400. The Kier molecular flexibility index (Phi) is 6.50. The first-order chi connectivity index (χ1) is 11.4. The molecule has 1 aromatic heterocycles. The molecule has 2 aromatic rings. The maximum Gasteiger partial charge on any atom is 0.260 e. The Bertz CT molecular complexity index is 777. The van der Waals surface area contributed by atoms with E-state index in [1.54, 1.807) is 6.92 Å². The summed E-state index contributed by atoms with van der Waals surface area (Å²) in [5.41, 5.74) is 0. The molecule has 0 saturated carbocycles. The number of carbonyl (C=O) groups is 1. The van der Waals surface area contributed by atoms with Crippen molar-refractivity contribution in [1.29, 1.82) is 0 Å². The van der Waals surface area contributed by atoms with Crippen molar-refractivity contribution in [3.05, 3.63) is 39.1 Å². The van der Waals surface area contributed by atoms with Crippen LogP contribution in [0.25, 0.3) is 0 Å². The molecule has 0 aliphatic heterocycles. The topological polar surface area (TPSA) is 71.9 Å². The SMILES string of the molecule is CCn1c(CCNC(=O)C(C)Oc2ccc(F)cc2Br)n[nH]c1=S. The number of nitrogens with zero attached hydrogens (tertiary/aromatic N) is 2. The highest BCUT2D eigenvalue weighted by atomic mass is 79.9. The van der Waals surface area contributed by atoms with Gasteiger partial charge >= 0.3 is 0 Å². The molecule has 6 nitrogen and oxygen atoms in total. The molecule has 0 saturated heterocycles. The third-order valence-electron chi connectivity index (χ3n) is 3.37. The predicted molar refractivity (Wildman–Crippen MR) is 94.0 cm³/mol. The molecule has 130 valence electrons. The zero-order valence-electron chi connectivity index (χ0n) is 13.3. The number of carbonyl (C=O) groups excluding carboxylic acids is 1. The second-order valence-corrected chi connectivity index (χ2v) is 6.31. The summed E-state index contributed by atoms with van der Waals surface area (Å²) < 4.78 is 21.5. The van der Waals surface area contributed by atoms with Gasteiger partial charge in [-0.1, -0.05) is 0 Å². The van der Waals surface area contributed by atoms with Gasteiger partial charge in [-0.2, -0.15) is 5.10 Å². The van der Waals surface area contributed by atoms with Crippen LogP contribution in [0.15, 0.2) is 22.7 Å². The number of halogens is 2. The van der Waals surface area contributed by atoms with E-state index in [0.717, 1.165) is 12.4 Å². The van der Waals surface area contributed by atoms with Crippen molar-refractivity contribution in [1.82, 2.24) is 20.1 Å². The standard InChI is InChI=1S/C15H18BrFN4O2S/c1-3-21-13(19-20-15(21)24)6-7-18-14(22)9(2)23-12-5-4-10(17)8-11(12)16/h4-5,8-9H,3,6-7H2,1-2H3,(H,18,22)(H,20,24). The molecule has 0 aliphatic rings. The van der Waals surface area contributed by atoms with Crippen LogP contribution in [0.1, 0.15) is 19.7 Å². The third-order valence-corrected chi connectivity index (χ3v) is 4.30. The number of nitrogens with one attached hydrogen (secondary N) is 2. The zero-order valence-corrected chi connectivity index (χ0v) is 15.7. The lowest BCUT2D eigenvalue weighted by Crippen LogP contribution is -2.37. The molecule has 0 bridgehead atoms. The highest BCUT2D eigenvalue weighted by Gasteiger charge is 2.16. The molecule has 2 N–H and O–H groups in total. The maximum absolute atomic E-state index is 13.1. The molecule has 2 rings (SSSR count). The predicted octanol–water partition coefficient (Wildman–Crippen LogP) is 2.99. The minimum absolute atomic E-state index is 0.261. The summed E-state index contributed by atoms with van der Waals surface area (Å²) in [6, 6.07) is 4.04. The number of benzene rings is 1. The molecule has 1 heterocycles. The minimum atomic E-state index is -0.709. The second kappa shape index (κ2) is 8.39. The number of amides is 1. The van der Waals surface area contributed by atoms with Gasteiger partial charge < -0.3 is 14.6 Å². The molecule has 0 aliphatic carbocycles. The van der Waals surface area contributed by atoms with Gasteiger partial charge in [0, 0.05) is 19.5 Å². The smallest absolute Gasteiger partial charge is 0.260 e. The molecule has 1 atom stereocenters. The molecule has 0 spiro atoms. The van der Waals surface area contributed by atoms with Crippen molar-refractivity contribution in [2.45, 2.75) is 32.9 Å². The Labute approximate surface area is 152 Å². The number of hydrogen-bond acceptors (Lipinski definition) is 4. The Hall–Kier alpha value is -1.74. The Balaban J connectivity index is 1.86. The van der Waals surface area contributed by atoms with Crippen LogP contribution in [0.3, 0.4) is 0 Å². The van der Waals surface area contributed by atoms with Gasteiger partial charge in [0.1, 0.15) is 17.4 Å². The van der Waals surface area contributed by atoms with E-state index < -0.39 is 6.10 Å². The molecule has 0 fully saturated rings. The van der Waals surface area contributed by atoms with E-state index in [9.17, 15) is 9.18 Å². The summed E-state index contributed by atoms with van der Waals surface area (Å²) in [7, 11) is 0. The fourth-order valence-electron chi connectivity index (χ4n) is 2.12. The van der Waals surface area contributed by atoms with Gasteiger partial charge in [0.25, 0.3) is 5.91 Å². The summed E-state index contributed by atoms with van der Waals surface area (Å²) in [6.07, 6.45) is -0.154. The van der Waals surface area contributed by atoms with Crippen LogP contribution in [-0.2, 0) is 17.8 Å². The van der Waals surface area contributed by atoms with E-state index in [0.29, 0.717) is 28.0 Å². The number of ether oxygens (including phenoxy) is 1. The minimum Gasteiger partial charge on any atom is -0.480 e. The van der Waals surface area contributed by atoms with Crippen LogP contribution in [0.2, 0.25) is 0 Å². The number of rotatable bonds is 7. The monoisotopic (exact) mass is 416 g/mol. The molecule has 1 aromatic carbocycles. The van der Waals surface area contributed by atoms with Crippen LogP contribution in [0, 0.1) is 10.6 Å². The average molecular weight is 417 g/mol. The normalized spacial score (nSPS) is 12.0. The van der Waals surface area contributed by atoms with Gasteiger partial charge in [-0.3, -0.25) is 9.89 Å². The van der Waals surface area contributed by atoms with E-state index in [-0.39, 0.29) is 11.7 Å². The molecule has 9 heteroatoms. The van der Waals surface area contributed by atoms with Gasteiger partial charge in [-0.05, 0) is 60.2 Å². The van der Waals surface area contributed by atoms with E-state index in [4.69, 9.17) is 17.0 Å². The number of hydrogen-bond donors (Lipinski definition) is 2. The van der Waals surface area contributed by atoms with Gasteiger partial charge in [0.15, 0.2) is 10.9 Å². The van der Waals surface area contributed by atoms with Gasteiger partial charge in [0.2, 0.25) is 0 Å². The Morgan fingerprint density at radius 1 is 1.58 bits per heavy atom. The highest BCUT2D eigenvalue weighted by Crippen LogP contribution is 2.26. The van der Waals surface area contributed by atoms with Gasteiger partial charge in [-0.25, -0.2) is 4.39 Å². The van der Waals surface area contributed by atoms with Gasteiger partial charge in [-0.15, -0.1) is 0 Å². The lowest BCUT2D eigenvalue weighted by molar-refractivity contribution is -0.127. The largest absolute Gasteiger partial charge is 0.480 e. The summed E-state index contributed by atoms with van der Waals surface area (Å²) in [5, 5.41) is 9.66. The van der Waals surface area contributed by atoms with Crippen molar-refractivity contribution in [3.8, 4) is 5.75 Å². The summed E-state index contributed by atoms with van der Waals surface area (Å²) >= 11 is 8.32. The van der Waals surface area contributed by atoms with E-state index in [1.165, 1.54) is 18.2 Å². The average Bonchev–Trinajstić information content (AvgIpc) is 2.89. The van der Waals surface area contributed by atoms with E-state index >= 15 is 0 Å². The number of aromatic amines is 1. The molecule has 24 heavy (non-hydrogen) atoms. The van der Waals surface area contributed by atoms with Crippen molar-refractivity contribution in [3.63, 3.8) is 0 Å². The Morgan fingerprint density at radius 2 is 2.33 bits per heavy atom. The molecular formula is C15H18BrFN4O2S. The first-order valence-corrected chi connectivity index (χ1v) is 8.66. The lowest BCUT2D eigenvalue weighted by atomic mass is 10.3. The molecular weight excluding hydrogens is 399 g/mol. The second-order valence-electron chi connectivity index (χ2n) is 5.07. The fourth-order valence-corrected chi connectivity index (χ4v) is 2.85. The van der Waals surface area contributed by atoms with Gasteiger partial charge in [0.05, 0.1) is 4.47 Å².